The van der Waals surface area contributed by atoms with Crippen LogP contribution in [0.4, 0.5) is 5.69 Å². The van der Waals surface area contributed by atoms with Crippen LogP contribution < -0.4 is 19.5 Å². The second-order valence-electron chi connectivity index (χ2n) is 4.76. The van der Waals surface area contributed by atoms with Crippen molar-refractivity contribution in [2.24, 2.45) is 0 Å². The number of hydrogen-bond donors (Lipinski definition) is 1. The predicted molar refractivity (Wildman–Crippen MR) is 78.2 cm³/mol. The molecule has 0 radical (unpaired) electrons. The van der Waals surface area contributed by atoms with E-state index in [9.17, 15) is 0 Å². The molecule has 1 N–H and O–H groups in total. The van der Waals surface area contributed by atoms with E-state index in [0.29, 0.717) is 23.4 Å². The van der Waals surface area contributed by atoms with Gasteiger partial charge in [-0.2, -0.15) is 0 Å². The van der Waals surface area contributed by atoms with Crippen LogP contribution >= 0.6 is 0 Å². The molecule has 1 atom stereocenters. The molecule has 1 unspecified atom stereocenters. The first-order valence-corrected chi connectivity index (χ1v) is 6.94. The predicted octanol–water partition coefficient (Wildman–Crippen LogP) is 2.69. The molecule has 1 fully saturated rings. The van der Waals surface area contributed by atoms with Gasteiger partial charge in [0.05, 0.1) is 27.4 Å². The standard InChI is InChI=1S/C15H23NO4/c1-17-13-9-11(10-14(18-2)15(13)19-3)16-7-6-12-5-4-8-20-12/h9-10,12,16H,4-8H2,1-3H3. The van der Waals surface area contributed by atoms with Gasteiger partial charge in [0.25, 0.3) is 0 Å². The average molecular weight is 281 g/mol. The van der Waals surface area contributed by atoms with Gasteiger partial charge in [0.15, 0.2) is 11.5 Å². The van der Waals surface area contributed by atoms with Crippen molar-refractivity contribution in [2.75, 3.05) is 39.8 Å². The van der Waals surface area contributed by atoms with Crippen molar-refractivity contribution in [3.63, 3.8) is 0 Å². The van der Waals surface area contributed by atoms with Crippen molar-refractivity contribution in [3.8, 4) is 17.2 Å². The molecule has 0 aliphatic carbocycles. The Morgan fingerprint density at radius 1 is 1.15 bits per heavy atom. The fourth-order valence-electron chi connectivity index (χ4n) is 2.43. The molecule has 20 heavy (non-hydrogen) atoms. The average Bonchev–Trinajstić information content (AvgIpc) is 2.99. The first-order valence-electron chi connectivity index (χ1n) is 6.94. The Bertz CT molecular complexity index is 405. The molecule has 1 aromatic carbocycles. The largest absolute Gasteiger partial charge is 0.493 e. The van der Waals surface area contributed by atoms with Gasteiger partial charge in [-0.15, -0.1) is 0 Å². The van der Waals surface area contributed by atoms with Crippen molar-refractivity contribution in [2.45, 2.75) is 25.4 Å². The van der Waals surface area contributed by atoms with Crippen LogP contribution in [0.2, 0.25) is 0 Å². The highest BCUT2D eigenvalue weighted by Crippen LogP contribution is 2.39. The smallest absolute Gasteiger partial charge is 0.203 e. The van der Waals surface area contributed by atoms with E-state index in [-0.39, 0.29) is 0 Å². The van der Waals surface area contributed by atoms with Crippen LogP contribution in [0.1, 0.15) is 19.3 Å². The molecule has 0 amide bonds. The van der Waals surface area contributed by atoms with E-state index >= 15 is 0 Å². The molecule has 5 nitrogen and oxygen atoms in total. The minimum absolute atomic E-state index is 0.393. The van der Waals surface area contributed by atoms with Gasteiger partial charge in [-0.05, 0) is 19.3 Å². The Morgan fingerprint density at radius 2 is 1.85 bits per heavy atom. The Hall–Kier alpha value is -1.62. The molecule has 1 saturated heterocycles. The minimum Gasteiger partial charge on any atom is -0.493 e. The molecular formula is C15H23NO4. The van der Waals surface area contributed by atoms with Crippen molar-refractivity contribution in [1.82, 2.24) is 0 Å². The number of nitrogens with one attached hydrogen (secondary N) is 1. The molecular weight excluding hydrogens is 258 g/mol. The van der Waals surface area contributed by atoms with Gasteiger partial charge in [0, 0.05) is 31.0 Å². The highest BCUT2D eigenvalue weighted by Gasteiger charge is 2.16. The summed E-state index contributed by atoms with van der Waals surface area (Å²) in [4.78, 5) is 0. The maximum atomic E-state index is 5.61. The third kappa shape index (κ3) is 3.48. The van der Waals surface area contributed by atoms with Crippen LogP contribution in [0.5, 0.6) is 17.2 Å². The van der Waals surface area contributed by atoms with E-state index in [1.165, 1.54) is 6.42 Å². The first kappa shape index (κ1) is 14.8. The number of rotatable bonds is 7. The lowest BCUT2D eigenvalue weighted by molar-refractivity contribution is 0.107. The van der Waals surface area contributed by atoms with Gasteiger partial charge in [0.1, 0.15) is 0 Å². The van der Waals surface area contributed by atoms with Gasteiger partial charge in [-0.3, -0.25) is 0 Å². The first-order chi connectivity index (χ1) is 9.78. The summed E-state index contributed by atoms with van der Waals surface area (Å²) >= 11 is 0. The van der Waals surface area contributed by atoms with E-state index in [2.05, 4.69) is 5.32 Å². The lowest BCUT2D eigenvalue weighted by atomic mass is 10.2. The zero-order valence-electron chi connectivity index (χ0n) is 12.4. The summed E-state index contributed by atoms with van der Waals surface area (Å²) in [6.45, 7) is 1.76. The summed E-state index contributed by atoms with van der Waals surface area (Å²) in [6, 6.07) is 3.83. The third-order valence-corrected chi connectivity index (χ3v) is 3.48. The molecule has 1 aliphatic heterocycles. The van der Waals surface area contributed by atoms with Gasteiger partial charge >= 0.3 is 0 Å². The maximum absolute atomic E-state index is 5.61. The molecule has 2 rings (SSSR count). The van der Waals surface area contributed by atoms with Crippen molar-refractivity contribution < 1.29 is 18.9 Å². The summed E-state index contributed by atoms with van der Waals surface area (Å²) in [5.74, 6) is 1.93. The Labute approximate surface area is 120 Å². The van der Waals surface area contributed by atoms with Gasteiger partial charge < -0.3 is 24.3 Å². The van der Waals surface area contributed by atoms with E-state index in [0.717, 1.165) is 31.7 Å². The molecule has 1 heterocycles. The number of methoxy groups -OCH3 is 3. The third-order valence-electron chi connectivity index (χ3n) is 3.48. The van der Waals surface area contributed by atoms with Gasteiger partial charge in [0.2, 0.25) is 5.75 Å². The van der Waals surface area contributed by atoms with Crippen LogP contribution in [-0.2, 0) is 4.74 Å². The van der Waals surface area contributed by atoms with Crippen molar-refractivity contribution in [3.05, 3.63) is 12.1 Å². The van der Waals surface area contributed by atoms with Gasteiger partial charge in [-0.1, -0.05) is 0 Å². The van der Waals surface area contributed by atoms with E-state index in [1.807, 2.05) is 12.1 Å². The fourth-order valence-corrected chi connectivity index (χ4v) is 2.43. The number of benzene rings is 1. The number of anilines is 1. The normalized spacial score (nSPS) is 17.9. The minimum atomic E-state index is 0.393. The number of ether oxygens (including phenoxy) is 4. The fraction of sp³-hybridized carbons (Fsp3) is 0.600. The van der Waals surface area contributed by atoms with E-state index in [1.54, 1.807) is 21.3 Å². The second-order valence-corrected chi connectivity index (χ2v) is 4.76. The maximum Gasteiger partial charge on any atom is 0.203 e. The highest BCUT2D eigenvalue weighted by atomic mass is 16.5. The van der Waals surface area contributed by atoms with Crippen molar-refractivity contribution in [1.29, 1.82) is 0 Å². The van der Waals surface area contributed by atoms with Crippen LogP contribution in [0.3, 0.4) is 0 Å². The highest BCUT2D eigenvalue weighted by molar-refractivity contribution is 5.62. The van der Waals surface area contributed by atoms with Crippen LogP contribution in [-0.4, -0.2) is 40.6 Å². The summed E-state index contributed by atoms with van der Waals surface area (Å²) in [5.41, 5.74) is 0.956. The second kappa shape index (κ2) is 7.24. The van der Waals surface area contributed by atoms with Crippen molar-refractivity contribution >= 4 is 5.69 Å². The molecule has 0 spiro atoms. The lowest BCUT2D eigenvalue weighted by Gasteiger charge is -2.16. The summed E-state index contributed by atoms with van der Waals surface area (Å²) in [6.07, 6.45) is 3.74. The molecule has 0 bridgehead atoms. The SMILES string of the molecule is COc1cc(NCCC2CCCO2)cc(OC)c1OC. The Kier molecular flexibility index (Phi) is 5.35. The Morgan fingerprint density at radius 3 is 2.35 bits per heavy atom. The molecule has 1 aliphatic rings. The lowest BCUT2D eigenvalue weighted by Crippen LogP contribution is -2.12. The summed E-state index contributed by atoms with van der Waals surface area (Å²) in [7, 11) is 4.84. The molecule has 112 valence electrons. The Balaban J connectivity index is 1.99. The molecule has 0 saturated carbocycles. The zero-order chi connectivity index (χ0) is 14.4. The molecule has 1 aromatic rings. The molecule has 5 heteroatoms. The summed E-state index contributed by atoms with van der Waals surface area (Å²) < 4.78 is 21.6. The van der Waals surface area contributed by atoms with E-state index < -0.39 is 0 Å². The van der Waals surface area contributed by atoms with E-state index in [4.69, 9.17) is 18.9 Å². The van der Waals surface area contributed by atoms with Crippen LogP contribution in [0.25, 0.3) is 0 Å². The van der Waals surface area contributed by atoms with Crippen LogP contribution in [0.15, 0.2) is 12.1 Å². The van der Waals surface area contributed by atoms with Crippen LogP contribution in [0, 0.1) is 0 Å². The summed E-state index contributed by atoms with van der Waals surface area (Å²) in [5, 5.41) is 3.38. The quantitative estimate of drug-likeness (QED) is 0.832. The molecule has 0 aromatic heterocycles. The zero-order valence-corrected chi connectivity index (χ0v) is 12.4. The monoisotopic (exact) mass is 281 g/mol. The number of hydrogen-bond acceptors (Lipinski definition) is 5. The topological polar surface area (TPSA) is 49.0 Å². The van der Waals surface area contributed by atoms with Gasteiger partial charge in [-0.25, -0.2) is 0 Å².